The lowest BCUT2D eigenvalue weighted by atomic mass is 10.1. The summed E-state index contributed by atoms with van der Waals surface area (Å²) in [4.78, 5) is 12.7. The monoisotopic (exact) mass is 377 g/mol. The van der Waals surface area contributed by atoms with Gasteiger partial charge < -0.3 is 14.6 Å². The summed E-state index contributed by atoms with van der Waals surface area (Å²) in [5.74, 6) is -0.281. The van der Waals surface area contributed by atoms with E-state index in [-0.39, 0.29) is 28.2 Å². The fourth-order valence-corrected chi connectivity index (χ4v) is 3.14. The van der Waals surface area contributed by atoms with Crippen LogP contribution < -0.4 is 5.43 Å². The fourth-order valence-electron chi connectivity index (χ4n) is 3.14. The van der Waals surface area contributed by atoms with Gasteiger partial charge in [0, 0.05) is 17.7 Å². The van der Waals surface area contributed by atoms with E-state index in [1.165, 1.54) is 10.7 Å². The Morgan fingerprint density at radius 1 is 1.11 bits per heavy atom. The molecule has 7 nitrogen and oxygen atoms in total. The third kappa shape index (κ3) is 3.11. The largest absolute Gasteiger partial charge is 0.507 e. The van der Waals surface area contributed by atoms with Gasteiger partial charge in [-0.2, -0.15) is 0 Å². The topological polar surface area (TPSA) is 101 Å². The Kier molecular flexibility index (Phi) is 4.57. The standard InChI is InChI=1S/C21H19N3O4/c1-2-3-9-14-12-24(23-22-14)20-17(27)10-15(25)19-16(26)11-18(28-21(19)20)13-7-5-4-6-8-13/h4-8,10-12,25,27H,2-3,9H2,1H3. The van der Waals surface area contributed by atoms with Gasteiger partial charge in [0.05, 0.1) is 11.9 Å². The van der Waals surface area contributed by atoms with Gasteiger partial charge in [-0.3, -0.25) is 4.79 Å². The van der Waals surface area contributed by atoms with Crippen LogP contribution in [-0.4, -0.2) is 25.2 Å². The van der Waals surface area contributed by atoms with Gasteiger partial charge in [-0.25, -0.2) is 4.68 Å². The van der Waals surface area contributed by atoms with Crippen molar-refractivity contribution >= 4 is 11.0 Å². The Morgan fingerprint density at radius 2 is 1.89 bits per heavy atom. The molecule has 0 amide bonds. The van der Waals surface area contributed by atoms with Crippen LogP contribution in [0.5, 0.6) is 11.5 Å². The summed E-state index contributed by atoms with van der Waals surface area (Å²) in [6.07, 6.45) is 4.44. The van der Waals surface area contributed by atoms with Crippen LogP contribution in [-0.2, 0) is 6.42 Å². The van der Waals surface area contributed by atoms with Crippen LogP contribution >= 0.6 is 0 Å². The van der Waals surface area contributed by atoms with Gasteiger partial charge in [-0.1, -0.05) is 48.9 Å². The average molecular weight is 377 g/mol. The highest BCUT2D eigenvalue weighted by Gasteiger charge is 2.20. The lowest BCUT2D eigenvalue weighted by molar-refractivity contribution is 0.448. The highest BCUT2D eigenvalue weighted by molar-refractivity contribution is 5.93. The number of hydrogen-bond donors (Lipinski definition) is 2. The van der Waals surface area contributed by atoms with Crippen molar-refractivity contribution in [2.24, 2.45) is 0 Å². The molecule has 0 spiro atoms. The molecule has 0 atom stereocenters. The number of phenolic OH excluding ortho intramolecular Hbond substituents is 2. The minimum absolute atomic E-state index is 0.0157. The summed E-state index contributed by atoms with van der Waals surface area (Å²) in [6, 6.07) is 11.6. The van der Waals surface area contributed by atoms with Crippen molar-refractivity contribution in [3.05, 3.63) is 64.6 Å². The molecule has 4 rings (SSSR count). The number of aryl methyl sites for hydroxylation is 1. The van der Waals surface area contributed by atoms with Crippen molar-refractivity contribution in [1.29, 1.82) is 0 Å². The summed E-state index contributed by atoms with van der Waals surface area (Å²) in [5.41, 5.74) is 1.28. The third-order valence-corrected chi connectivity index (χ3v) is 4.55. The molecule has 0 saturated carbocycles. The van der Waals surface area contributed by atoms with E-state index in [2.05, 4.69) is 17.2 Å². The Hall–Kier alpha value is -3.61. The van der Waals surface area contributed by atoms with Crippen LogP contribution in [0.15, 0.2) is 57.9 Å². The van der Waals surface area contributed by atoms with E-state index in [1.54, 1.807) is 6.20 Å². The number of benzene rings is 2. The maximum atomic E-state index is 12.7. The van der Waals surface area contributed by atoms with E-state index in [9.17, 15) is 15.0 Å². The van der Waals surface area contributed by atoms with E-state index in [0.717, 1.165) is 31.0 Å². The van der Waals surface area contributed by atoms with E-state index in [4.69, 9.17) is 4.42 Å². The van der Waals surface area contributed by atoms with Crippen LogP contribution in [0.1, 0.15) is 25.5 Å². The third-order valence-electron chi connectivity index (χ3n) is 4.55. The first kappa shape index (κ1) is 17.8. The van der Waals surface area contributed by atoms with Crippen molar-refractivity contribution < 1.29 is 14.6 Å². The molecule has 142 valence electrons. The van der Waals surface area contributed by atoms with Crippen molar-refractivity contribution in [2.75, 3.05) is 0 Å². The Balaban J connectivity index is 1.96. The Morgan fingerprint density at radius 3 is 2.64 bits per heavy atom. The van der Waals surface area contributed by atoms with Gasteiger partial charge in [0.2, 0.25) is 0 Å². The number of phenols is 2. The van der Waals surface area contributed by atoms with Gasteiger partial charge in [-0.05, 0) is 12.8 Å². The van der Waals surface area contributed by atoms with E-state index < -0.39 is 5.43 Å². The summed E-state index contributed by atoms with van der Waals surface area (Å²) in [5, 5.41) is 28.9. The van der Waals surface area contributed by atoms with Gasteiger partial charge in [0.25, 0.3) is 0 Å². The van der Waals surface area contributed by atoms with Crippen LogP contribution in [0.2, 0.25) is 0 Å². The maximum absolute atomic E-state index is 12.7. The second-order valence-electron chi connectivity index (χ2n) is 6.57. The molecule has 0 aliphatic heterocycles. The second-order valence-corrected chi connectivity index (χ2v) is 6.57. The Labute approximate surface area is 160 Å². The Bertz CT molecular complexity index is 1200. The number of aromatic hydroxyl groups is 2. The minimum Gasteiger partial charge on any atom is -0.507 e. The predicted molar refractivity (Wildman–Crippen MR) is 105 cm³/mol. The smallest absolute Gasteiger partial charge is 0.197 e. The van der Waals surface area contributed by atoms with Gasteiger partial charge in [0.1, 0.15) is 22.6 Å². The number of unbranched alkanes of at least 4 members (excludes halogenated alkanes) is 1. The molecule has 2 aromatic carbocycles. The highest BCUT2D eigenvalue weighted by atomic mass is 16.3. The van der Waals surface area contributed by atoms with Crippen LogP contribution in [0.25, 0.3) is 28.0 Å². The molecule has 2 N–H and O–H groups in total. The zero-order valence-corrected chi connectivity index (χ0v) is 15.3. The van der Waals surface area contributed by atoms with Crippen LogP contribution in [0.3, 0.4) is 0 Å². The SMILES string of the molecule is CCCCc1cn(-c2c(O)cc(O)c3c(=O)cc(-c4ccccc4)oc23)nn1. The normalized spacial score (nSPS) is 11.2. The number of fused-ring (bicyclic) bond motifs is 1. The molecule has 0 fully saturated rings. The second kappa shape index (κ2) is 7.19. The molecular formula is C21H19N3O4. The van der Waals surface area contributed by atoms with E-state index >= 15 is 0 Å². The van der Waals surface area contributed by atoms with Crippen molar-refractivity contribution in [1.82, 2.24) is 15.0 Å². The molecule has 0 saturated heterocycles. The lowest BCUT2D eigenvalue weighted by Crippen LogP contribution is -2.05. The zero-order chi connectivity index (χ0) is 19.7. The minimum atomic E-state index is -0.412. The van der Waals surface area contributed by atoms with Crippen molar-refractivity contribution in [2.45, 2.75) is 26.2 Å². The van der Waals surface area contributed by atoms with Crippen LogP contribution in [0, 0.1) is 0 Å². The molecular weight excluding hydrogens is 358 g/mol. The summed E-state index contributed by atoms with van der Waals surface area (Å²) >= 11 is 0. The molecule has 0 aliphatic rings. The first-order valence-corrected chi connectivity index (χ1v) is 9.08. The number of aromatic nitrogens is 3. The molecule has 2 heterocycles. The first-order chi connectivity index (χ1) is 13.6. The maximum Gasteiger partial charge on any atom is 0.197 e. The van der Waals surface area contributed by atoms with Gasteiger partial charge in [-0.15, -0.1) is 5.10 Å². The predicted octanol–water partition coefficient (Wildman–Crippen LogP) is 3.79. The fraction of sp³-hybridized carbons (Fsp3) is 0.190. The number of nitrogens with zero attached hydrogens (tertiary/aromatic N) is 3. The van der Waals surface area contributed by atoms with Crippen molar-refractivity contribution in [3.63, 3.8) is 0 Å². The quantitative estimate of drug-likeness (QED) is 0.549. The molecule has 4 aromatic rings. The van der Waals surface area contributed by atoms with Crippen LogP contribution in [0.4, 0.5) is 0 Å². The van der Waals surface area contributed by atoms with Crippen molar-refractivity contribution in [3.8, 4) is 28.5 Å². The summed E-state index contributed by atoms with van der Waals surface area (Å²) in [7, 11) is 0. The molecule has 28 heavy (non-hydrogen) atoms. The summed E-state index contributed by atoms with van der Waals surface area (Å²) < 4.78 is 7.33. The van der Waals surface area contributed by atoms with Gasteiger partial charge in [0.15, 0.2) is 16.7 Å². The summed E-state index contributed by atoms with van der Waals surface area (Å²) in [6.45, 7) is 2.09. The first-order valence-electron chi connectivity index (χ1n) is 9.08. The number of rotatable bonds is 5. The van der Waals surface area contributed by atoms with E-state index in [0.29, 0.717) is 11.3 Å². The van der Waals surface area contributed by atoms with E-state index in [1.807, 2.05) is 30.3 Å². The number of hydrogen-bond acceptors (Lipinski definition) is 6. The molecule has 0 radical (unpaired) electrons. The molecule has 2 aromatic heterocycles. The zero-order valence-electron chi connectivity index (χ0n) is 15.3. The molecule has 0 aliphatic carbocycles. The molecule has 7 heteroatoms. The molecule has 0 bridgehead atoms. The average Bonchev–Trinajstić information content (AvgIpc) is 3.14. The van der Waals surface area contributed by atoms with Gasteiger partial charge >= 0.3 is 0 Å². The lowest BCUT2D eigenvalue weighted by Gasteiger charge is -2.10. The molecule has 0 unspecified atom stereocenters. The highest BCUT2D eigenvalue weighted by Crippen LogP contribution is 2.37.